The molecule has 0 saturated heterocycles. The number of rotatable bonds is 5. The zero-order valence-corrected chi connectivity index (χ0v) is 23.1. The molecule has 0 nitrogen and oxygen atoms in total. The van der Waals surface area contributed by atoms with E-state index < -0.39 is 0 Å². The zero-order chi connectivity index (χ0) is 27.8. The van der Waals surface area contributed by atoms with E-state index in [-0.39, 0.29) is 11.8 Å². The number of benzene rings is 5. The van der Waals surface area contributed by atoms with Gasteiger partial charge >= 0.3 is 0 Å². The molecule has 0 aliphatic heterocycles. The molecule has 0 bridgehead atoms. The van der Waals surface area contributed by atoms with Crippen LogP contribution < -0.4 is 0 Å². The van der Waals surface area contributed by atoms with E-state index in [9.17, 15) is 0 Å². The summed E-state index contributed by atoms with van der Waals surface area (Å²) in [7, 11) is 0. The Morgan fingerprint density at radius 3 is 1.46 bits per heavy atom. The maximum absolute atomic E-state index is 4.31. The highest BCUT2D eigenvalue weighted by Crippen LogP contribution is 2.50. The average molecular weight is 525 g/mol. The Hall–Kier alpha value is -4.94. The largest absolute Gasteiger partial charge is 0.0984 e. The predicted octanol–water partition coefficient (Wildman–Crippen LogP) is 11.0. The molecule has 0 radical (unpaired) electrons. The summed E-state index contributed by atoms with van der Waals surface area (Å²) >= 11 is 0. The van der Waals surface area contributed by atoms with Crippen LogP contribution in [0.4, 0.5) is 0 Å². The van der Waals surface area contributed by atoms with Crippen LogP contribution in [0, 0.1) is 11.8 Å². The van der Waals surface area contributed by atoms with E-state index >= 15 is 0 Å². The van der Waals surface area contributed by atoms with Crippen molar-refractivity contribution in [2.75, 3.05) is 0 Å². The molecule has 0 heterocycles. The van der Waals surface area contributed by atoms with Crippen LogP contribution in [0.1, 0.15) is 17.5 Å². The molecule has 0 N–H and O–H groups in total. The summed E-state index contributed by atoms with van der Waals surface area (Å²) in [6.07, 6.45) is 14.4. The van der Waals surface area contributed by atoms with Gasteiger partial charge < -0.3 is 0 Å². The Balaban J connectivity index is 1.39. The van der Waals surface area contributed by atoms with Crippen LogP contribution in [0.15, 0.2) is 170 Å². The first-order valence-electron chi connectivity index (χ1n) is 14.4. The molecule has 0 spiro atoms. The highest BCUT2D eigenvalue weighted by Gasteiger charge is 2.35. The molecular weight excluding hydrogens is 492 g/mol. The minimum atomic E-state index is 0.207. The molecule has 0 saturated carbocycles. The van der Waals surface area contributed by atoms with Gasteiger partial charge in [-0.25, -0.2) is 0 Å². The SMILES string of the molecule is C=CC1=C(c2ccc(-c3ccc4ccccc4c3)cc2)C2C=CCC=C[C@@H]2C(c2ccc3ccccc3c2)=C1C=C. The Labute approximate surface area is 242 Å². The molecule has 2 aliphatic rings. The topological polar surface area (TPSA) is 0 Å². The Morgan fingerprint density at radius 1 is 0.463 bits per heavy atom. The lowest BCUT2D eigenvalue weighted by Gasteiger charge is -2.35. The normalized spacial score (nSPS) is 18.4. The average Bonchev–Trinajstić information content (AvgIpc) is 3.29. The number of hydrogen-bond acceptors (Lipinski definition) is 0. The van der Waals surface area contributed by atoms with Crippen LogP contribution >= 0.6 is 0 Å². The fourth-order valence-corrected chi connectivity index (χ4v) is 6.67. The number of fused-ring (bicyclic) bond motifs is 3. The van der Waals surface area contributed by atoms with Gasteiger partial charge in [0.2, 0.25) is 0 Å². The molecule has 0 fully saturated rings. The van der Waals surface area contributed by atoms with Crippen LogP contribution in [-0.2, 0) is 0 Å². The molecule has 2 atom stereocenters. The summed E-state index contributed by atoms with van der Waals surface area (Å²) in [5, 5.41) is 5.04. The first-order valence-corrected chi connectivity index (χ1v) is 14.4. The van der Waals surface area contributed by atoms with Crippen molar-refractivity contribution in [3.05, 3.63) is 181 Å². The van der Waals surface area contributed by atoms with Crippen molar-refractivity contribution in [1.29, 1.82) is 0 Å². The van der Waals surface area contributed by atoms with Crippen molar-refractivity contribution < 1.29 is 0 Å². The van der Waals surface area contributed by atoms with Crippen molar-refractivity contribution >= 4 is 32.7 Å². The van der Waals surface area contributed by atoms with Gasteiger partial charge in [-0.3, -0.25) is 0 Å². The van der Waals surface area contributed by atoms with E-state index in [1.165, 1.54) is 66.1 Å². The molecule has 7 rings (SSSR count). The van der Waals surface area contributed by atoms with Gasteiger partial charge in [-0.05, 0) is 84.6 Å². The predicted molar refractivity (Wildman–Crippen MR) is 177 cm³/mol. The van der Waals surface area contributed by atoms with Crippen LogP contribution in [-0.4, -0.2) is 0 Å². The fourth-order valence-electron chi connectivity index (χ4n) is 6.67. The molecule has 2 aliphatic carbocycles. The molecule has 5 aromatic rings. The van der Waals surface area contributed by atoms with Gasteiger partial charge in [-0.1, -0.05) is 147 Å². The lowest BCUT2D eigenvalue weighted by atomic mass is 9.67. The minimum Gasteiger partial charge on any atom is -0.0984 e. The van der Waals surface area contributed by atoms with Gasteiger partial charge in [0.15, 0.2) is 0 Å². The molecule has 41 heavy (non-hydrogen) atoms. The van der Waals surface area contributed by atoms with Crippen LogP contribution in [0.25, 0.3) is 43.8 Å². The molecule has 0 aromatic heterocycles. The monoisotopic (exact) mass is 524 g/mol. The summed E-state index contributed by atoms with van der Waals surface area (Å²) < 4.78 is 0. The molecule has 196 valence electrons. The third kappa shape index (κ3) is 4.42. The van der Waals surface area contributed by atoms with Crippen molar-refractivity contribution in [3.63, 3.8) is 0 Å². The van der Waals surface area contributed by atoms with E-state index in [1.807, 2.05) is 12.2 Å². The van der Waals surface area contributed by atoms with Crippen molar-refractivity contribution in [2.45, 2.75) is 6.42 Å². The van der Waals surface area contributed by atoms with Gasteiger partial charge in [-0.2, -0.15) is 0 Å². The lowest BCUT2D eigenvalue weighted by molar-refractivity contribution is 0.699. The van der Waals surface area contributed by atoms with Crippen LogP contribution in [0.2, 0.25) is 0 Å². The van der Waals surface area contributed by atoms with E-state index in [1.54, 1.807) is 0 Å². The first-order chi connectivity index (χ1) is 20.2. The van der Waals surface area contributed by atoms with Gasteiger partial charge in [0.25, 0.3) is 0 Å². The second-order valence-electron chi connectivity index (χ2n) is 10.9. The highest BCUT2D eigenvalue weighted by atomic mass is 14.4. The van der Waals surface area contributed by atoms with E-state index in [2.05, 4.69) is 147 Å². The quantitative estimate of drug-likeness (QED) is 0.201. The first kappa shape index (κ1) is 25.1. The summed E-state index contributed by atoms with van der Waals surface area (Å²) in [6, 6.07) is 39.7. The second kappa shape index (κ2) is 10.6. The van der Waals surface area contributed by atoms with E-state index in [0.717, 1.165) is 6.42 Å². The van der Waals surface area contributed by atoms with Gasteiger partial charge in [0, 0.05) is 11.8 Å². The fraction of sp³-hybridized carbons (Fsp3) is 0.0732. The molecule has 5 aromatic carbocycles. The summed E-state index contributed by atoms with van der Waals surface area (Å²) in [6.45, 7) is 8.62. The summed E-state index contributed by atoms with van der Waals surface area (Å²) in [5.41, 5.74) is 9.92. The summed E-state index contributed by atoms with van der Waals surface area (Å²) in [4.78, 5) is 0. The third-order valence-corrected chi connectivity index (χ3v) is 8.63. The molecule has 1 unspecified atom stereocenters. The van der Waals surface area contributed by atoms with Crippen molar-refractivity contribution in [3.8, 4) is 11.1 Å². The van der Waals surface area contributed by atoms with E-state index in [0.29, 0.717) is 0 Å². The van der Waals surface area contributed by atoms with Crippen molar-refractivity contribution in [1.82, 2.24) is 0 Å². The van der Waals surface area contributed by atoms with Crippen molar-refractivity contribution in [2.24, 2.45) is 11.8 Å². The highest BCUT2D eigenvalue weighted by molar-refractivity contribution is 5.95. The molecular formula is C41H32. The minimum absolute atomic E-state index is 0.207. The number of allylic oxidation sites excluding steroid dienone is 10. The van der Waals surface area contributed by atoms with Gasteiger partial charge in [0.1, 0.15) is 0 Å². The molecule has 0 heteroatoms. The smallest absolute Gasteiger partial charge is 0.0134 e. The maximum Gasteiger partial charge on any atom is 0.0134 e. The maximum atomic E-state index is 4.31. The second-order valence-corrected chi connectivity index (χ2v) is 10.9. The third-order valence-electron chi connectivity index (χ3n) is 8.63. The van der Waals surface area contributed by atoms with Crippen LogP contribution in [0.5, 0.6) is 0 Å². The summed E-state index contributed by atoms with van der Waals surface area (Å²) in [5.74, 6) is 0.417. The molecule has 0 amide bonds. The van der Waals surface area contributed by atoms with Gasteiger partial charge in [-0.15, -0.1) is 0 Å². The van der Waals surface area contributed by atoms with Gasteiger partial charge in [0.05, 0.1) is 0 Å². The lowest BCUT2D eigenvalue weighted by Crippen LogP contribution is -2.21. The Morgan fingerprint density at radius 2 is 0.902 bits per heavy atom. The Bertz CT molecular complexity index is 1940. The Kier molecular flexibility index (Phi) is 6.45. The van der Waals surface area contributed by atoms with E-state index in [4.69, 9.17) is 0 Å². The zero-order valence-electron chi connectivity index (χ0n) is 23.1. The number of hydrogen-bond donors (Lipinski definition) is 0. The van der Waals surface area contributed by atoms with Crippen LogP contribution in [0.3, 0.4) is 0 Å². The standard InChI is InChI=1S/C41H32/c1-3-36-37(4-2)41(35-25-21-29-13-9-11-15-33(29)27-35)39-17-7-5-6-16-38(39)40(36)31-22-18-30(19-23-31)34-24-20-28-12-8-10-14-32(28)26-34/h3-4,6-27,38-39H,1-2,5H2/t38?,39-/m0/s1.